The number of rotatable bonds is 1. The average Bonchev–Trinajstić information content (AvgIpc) is 2.85. The summed E-state index contributed by atoms with van der Waals surface area (Å²) in [4.78, 5) is 9.08. The van der Waals surface area contributed by atoms with Crippen LogP contribution in [-0.4, -0.2) is 38.7 Å². The van der Waals surface area contributed by atoms with Gasteiger partial charge in [0.25, 0.3) is 5.78 Å². The van der Waals surface area contributed by atoms with E-state index in [1.165, 1.54) is 10.8 Å². The minimum atomic E-state index is -4.51. The Morgan fingerprint density at radius 3 is 2.60 bits per heavy atom. The van der Waals surface area contributed by atoms with Gasteiger partial charge < -0.3 is 10.6 Å². The molecule has 0 unspecified atom stereocenters. The van der Waals surface area contributed by atoms with Gasteiger partial charge in [0.1, 0.15) is 12.1 Å². The topological polar surface area (TPSA) is 72.3 Å². The van der Waals surface area contributed by atoms with E-state index in [2.05, 4.69) is 15.1 Å². The summed E-state index contributed by atoms with van der Waals surface area (Å²) in [5.74, 6) is 0.302. The van der Waals surface area contributed by atoms with E-state index >= 15 is 0 Å². The third kappa shape index (κ3) is 2.28. The van der Waals surface area contributed by atoms with Crippen molar-refractivity contribution in [1.29, 1.82) is 0 Å². The molecule has 2 N–H and O–H groups in total. The fourth-order valence-electron chi connectivity index (χ4n) is 2.30. The van der Waals surface area contributed by atoms with Gasteiger partial charge in [-0.3, -0.25) is 0 Å². The normalized spacial score (nSPS) is 17.9. The molecule has 108 valence electrons. The summed E-state index contributed by atoms with van der Waals surface area (Å²) >= 11 is 0. The molecule has 20 heavy (non-hydrogen) atoms. The molecule has 1 aliphatic heterocycles. The Morgan fingerprint density at radius 1 is 1.25 bits per heavy atom. The van der Waals surface area contributed by atoms with Crippen LogP contribution in [0.4, 0.5) is 19.0 Å². The minimum Gasteiger partial charge on any atom is -0.356 e. The first-order valence-electron chi connectivity index (χ1n) is 6.23. The first-order valence-corrected chi connectivity index (χ1v) is 6.23. The number of nitrogens with two attached hydrogens (primary N) is 1. The van der Waals surface area contributed by atoms with Gasteiger partial charge in [-0.15, -0.1) is 0 Å². The number of hydrogen-bond donors (Lipinski definition) is 1. The number of anilines is 1. The Bertz CT molecular complexity index is 614. The molecule has 6 nitrogen and oxygen atoms in total. The molecule has 0 aromatic carbocycles. The van der Waals surface area contributed by atoms with Crippen LogP contribution in [-0.2, 0) is 6.18 Å². The van der Waals surface area contributed by atoms with Crippen LogP contribution in [0.2, 0.25) is 0 Å². The van der Waals surface area contributed by atoms with Gasteiger partial charge in [-0.25, -0.2) is 4.98 Å². The smallest absolute Gasteiger partial charge is 0.356 e. The van der Waals surface area contributed by atoms with Crippen molar-refractivity contribution in [3.8, 4) is 0 Å². The van der Waals surface area contributed by atoms with Gasteiger partial charge in [-0.1, -0.05) is 0 Å². The first-order chi connectivity index (χ1) is 9.45. The number of alkyl halides is 3. The van der Waals surface area contributed by atoms with Crippen LogP contribution in [0.15, 0.2) is 12.4 Å². The second-order valence-corrected chi connectivity index (χ2v) is 4.79. The maximum Gasteiger partial charge on any atom is 0.433 e. The van der Waals surface area contributed by atoms with Crippen molar-refractivity contribution >= 4 is 11.6 Å². The fourth-order valence-corrected chi connectivity index (χ4v) is 2.30. The van der Waals surface area contributed by atoms with Crippen LogP contribution in [0, 0.1) is 0 Å². The Balaban J connectivity index is 2.06. The molecule has 0 radical (unpaired) electrons. The highest BCUT2D eigenvalue weighted by atomic mass is 19.4. The Labute approximate surface area is 112 Å². The molecule has 0 amide bonds. The zero-order valence-corrected chi connectivity index (χ0v) is 10.5. The van der Waals surface area contributed by atoms with E-state index in [1.54, 1.807) is 0 Å². The van der Waals surface area contributed by atoms with E-state index < -0.39 is 11.9 Å². The zero-order chi connectivity index (χ0) is 14.3. The van der Waals surface area contributed by atoms with E-state index in [0.29, 0.717) is 18.9 Å². The van der Waals surface area contributed by atoms with Gasteiger partial charge in [-0.2, -0.15) is 27.8 Å². The van der Waals surface area contributed by atoms with E-state index in [-0.39, 0.29) is 11.8 Å². The molecule has 0 bridgehead atoms. The lowest BCUT2D eigenvalue weighted by atomic mass is 10.1. The van der Waals surface area contributed by atoms with Crippen LogP contribution >= 0.6 is 0 Å². The number of halogens is 3. The van der Waals surface area contributed by atoms with Crippen molar-refractivity contribution in [2.45, 2.75) is 25.1 Å². The Kier molecular flexibility index (Phi) is 3.00. The molecule has 3 rings (SSSR count). The molecule has 9 heteroatoms. The van der Waals surface area contributed by atoms with Crippen molar-refractivity contribution in [3.63, 3.8) is 0 Å². The predicted octanol–water partition coefficient (Wildman–Crippen LogP) is 1.07. The Morgan fingerprint density at radius 2 is 1.95 bits per heavy atom. The fraction of sp³-hybridized carbons (Fsp3) is 0.545. The monoisotopic (exact) mass is 286 g/mol. The van der Waals surface area contributed by atoms with Crippen molar-refractivity contribution in [1.82, 2.24) is 19.6 Å². The molecule has 0 aliphatic carbocycles. The van der Waals surface area contributed by atoms with Crippen molar-refractivity contribution in [2.75, 3.05) is 18.0 Å². The summed E-state index contributed by atoms with van der Waals surface area (Å²) in [5.41, 5.74) is 4.86. The zero-order valence-electron chi connectivity index (χ0n) is 10.5. The van der Waals surface area contributed by atoms with Gasteiger partial charge in [0.15, 0.2) is 5.69 Å². The largest absolute Gasteiger partial charge is 0.433 e. The standard InChI is InChI=1S/C11H13F3N6/c12-11(13,14)8-5-9(19-3-1-7(15)2-4-19)20-10(18-8)16-6-17-20/h5-7H,1-4,15H2. The highest BCUT2D eigenvalue weighted by molar-refractivity contribution is 5.48. The van der Waals surface area contributed by atoms with Gasteiger partial charge in [0.05, 0.1) is 0 Å². The number of piperidine rings is 1. The SMILES string of the molecule is NC1CCN(c2cc(C(F)(F)F)nc3ncnn23)CC1. The number of nitrogens with zero attached hydrogens (tertiary/aromatic N) is 5. The molecule has 1 saturated heterocycles. The third-order valence-electron chi connectivity index (χ3n) is 3.39. The third-order valence-corrected chi connectivity index (χ3v) is 3.39. The first kappa shape index (κ1) is 13.1. The maximum atomic E-state index is 12.9. The van der Waals surface area contributed by atoms with Crippen LogP contribution < -0.4 is 10.6 Å². The molecular formula is C11H13F3N6. The number of aromatic nitrogens is 4. The second kappa shape index (κ2) is 4.58. The van der Waals surface area contributed by atoms with E-state index in [1.807, 2.05) is 4.90 Å². The molecule has 0 atom stereocenters. The summed E-state index contributed by atoms with van der Waals surface area (Å²) in [5, 5.41) is 3.94. The average molecular weight is 286 g/mol. The molecule has 1 fully saturated rings. The van der Waals surface area contributed by atoms with Crippen molar-refractivity contribution < 1.29 is 13.2 Å². The predicted molar refractivity (Wildman–Crippen MR) is 65.2 cm³/mol. The molecule has 3 heterocycles. The van der Waals surface area contributed by atoms with Crippen LogP contribution in [0.25, 0.3) is 5.78 Å². The molecule has 1 aliphatic rings. The van der Waals surface area contributed by atoms with Crippen molar-refractivity contribution in [3.05, 3.63) is 18.1 Å². The molecular weight excluding hydrogens is 273 g/mol. The summed E-state index contributed by atoms with van der Waals surface area (Å²) in [7, 11) is 0. The minimum absolute atomic E-state index is 0.0512. The Hall–Kier alpha value is -1.90. The van der Waals surface area contributed by atoms with Gasteiger partial charge in [0, 0.05) is 25.2 Å². The lowest BCUT2D eigenvalue weighted by Crippen LogP contribution is -2.40. The van der Waals surface area contributed by atoms with Gasteiger partial charge in [0.2, 0.25) is 0 Å². The van der Waals surface area contributed by atoms with E-state index in [0.717, 1.165) is 18.9 Å². The summed E-state index contributed by atoms with van der Waals surface area (Å²) < 4.78 is 39.9. The maximum absolute atomic E-state index is 12.9. The quantitative estimate of drug-likeness (QED) is 0.849. The second-order valence-electron chi connectivity index (χ2n) is 4.79. The van der Waals surface area contributed by atoms with Gasteiger partial charge >= 0.3 is 6.18 Å². The lowest BCUT2D eigenvalue weighted by molar-refractivity contribution is -0.141. The lowest BCUT2D eigenvalue weighted by Gasteiger charge is -2.32. The van der Waals surface area contributed by atoms with Crippen molar-refractivity contribution in [2.24, 2.45) is 5.73 Å². The molecule has 2 aromatic rings. The highest BCUT2D eigenvalue weighted by Crippen LogP contribution is 2.31. The van der Waals surface area contributed by atoms with E-state index in [9.17, 15) is 13.2 Å². The number of hydrogen-bond acceptors (Lipinski definition) is 5. The summed E-state index contributed by atoms with van der Waals surface area (Å²) in [6, 6.07) is 1.11. The van der Waals surface area contributed by atoms with E-state index in [4.69, 9.17) is 5.73 Å². The molecule has 2 aromatic heterocycles. The highest BCUT2D eigenvalue weighted by Gasteiger charge is 2.34. The molecule has 0 saturated carbocycles. The summed E-state index contributed by atoms with van der Waals surface area (Å²) in [6.45, 7) is 1.19. The number of fused-ring (bicyclic) bond motifs is 1. The molecule has 0 spiro atoms. The van der Waals surface area contributed by atoms with Crippen LogP contribution in [0.3, 0.4) is 0 Å². The van der Waals surface area contributed by atoms with Crippen LogP contribution in [0.5, 0.6) is 0 Å². The van der Waals surface area contributed by atoms with Crippen LogP contribution in [0.1, 0.15) is 18.5 Å². The van der Waals surface area contributed by atoms with Gasteiger partial charge in [-0.05, 0) is 12.8 Å². The summed E-state index contributed by atoms with van der Waals surface area (Å²) in [6.07, 6.45) is -1.84.